The minimum atomic E-state index is -0.822. The quantitative estimate of drug-likeness (QED) is 0.733. The topological polar surface area (TPSA) is 69.6 Å². The van der Waals surface area contributed by atoms with Gasteiger partial charge in [-0.3, -0.25) is 4.79 Å². The molecule has 2 atom stereocenters. The largest absolute Gasteiger partial charge is 0.481 e. The summed E-state index contributed by atoms with van der Waals surface area (Å²) in [4.78, 5) is 25.1. The van der Waals surface area contributed by atoms with E-state index in [1.54, 1.807) is 12.2 Å². The molecular weight excluding hydrogens is 256 g/mol. The van der Waals surface area contributed by atoms with E-state index >= 15 is 0 Å². The van der Waals surface area contributed by atoms with Crippen molar-refractivity contribution >= 4 is 12.0 Å². The van der Waals surface area contributed by atoms with Crippen molar-refractivity contribution in [2.45, 2.75) is 51.6 Å². The van der Waals surface area contributed by atoms with Gasteiger partial charge in [-0.25, -0.2) is 4.79 Å². The molecule has 0 aromatic carbocycles. The predicted octanol–water partition coefficient (Wildman–Crippen LogP) is 2.24. The highest BCUT2D eigenvalue weighted by Crippen LogP contribution is 2.28. The zero-order valence-electron chi connectivity index (χ0n) is 12.2. The zero-order chi connectivity index (χ0) is 14.7. The molecular formula is C15H24N2O3. The van der Waals surface area contributed by atoms with E-state index in [0.717, 1.165) is 25.8 Å². The van der Waals surface area contributed by atoms with Gasteiger partial charge in [0.15, 0.2) is 0 Å². The van der Waals surface area contributed by atoms with Gasteiger partial charge in [0.1, 0.15) is 0 Å². The lowest BCUT2D eigenvalue weighted by molar-refractivity contribution is -0.140. The lowest BCUT2D eigenvalue weighted by Crippen LogP contribution is -2.45. The molecule has 2 aliphatic rings. The highest BCUT2D eigenvalue weighted by Gasteiger charge is 2.34. The molecule has 2 rings (SSSR count). The van der Waals surface area contributed by atoms with Crippen LogP contribution in [0.4, 0.5) is 4.79 Å². The average Bonchev–Trinajstić information content (AvgIpc) is 3.08. The Hall–Kier alpha value is -1.52. The molecule has 2 aliphatic carbocycles. The smallest absolute Gasteiger partial charge is 0.318 e. The molecule has 1 fully saturated rings. The van der Waals surface area contributed by atoms with E-state index < -0.39 is 11.9 Å². The van der Waals surface area contributed by atoms with Crippen molar-refractivity contribution < 1.29 is 14.7 Å². The van der Waals surface area contributed by atoms with Gasteiger partial charge in [-0.2, -0.15) is 0 Å². The Labute approximate surface area is 120 Å². The van der Waals surface area contributed by atoms with E-state index in [1.807, 2.05) is 4.90 Å². The van der Waals surface area contributed by atoms with E-state index in [2.05, 4.69) is 19.2 Å². The molecule has 0 saturated heterocycles. The van der Waals surface area contributed by atoms with Crippen LogP contribution >= 0.6 is 0 Å². The predicted molar refractivity (Wildman–Crippen MR) is 76.4 cm³/mol. The van der Waals surface area contributed by atoms with Crippen LogP contribution in [0.3, 0.4) is 0 Å². The van der Waals surface area contributed by atoms with Gasteiger partial charge in [-0.05, 0) is 31.6 Å². The van der Waals surface area contributed by atoms with Crippen molar-refractivity contribution in [3.05, 3.63) is 12.2 Å². The van der Waals surface area contributed by atoms with Crippen LogP contribution < -0.4 is 5.32 Å². The Bertz CT molecular complexity index is 402. The lowest BCUT2D eigenvalue weighted by Gasteiger charge is -2.25. The van der Waals surface area contributed by atoms with Crippen LogP contribution in [0, 0.1) is 11.8 Å². The molecule has 0 radical (unpaired) electrons. The molecule has 112 valence electrons. The Morgan fingerprint density at radius 2 is 2.05 bits per heavy atom. The van der Waals surface area contributed by atoms with Gasteiger partial charge in [0.2, 0.25) is 0 Å². The van der Waals surface area contributed by atoms with Crippen LogP contribution in [0.25, 0.3) is 0 Å². The summed E-state index contributed by atoms with van der Waals surface area (Å²) in [5.74, 6) is -0.714. The summed E-state index contributed by atoms with van der Waals surface area (Å²) in [6.07, 6.45) is 7.10. The molecule has 0 bridgehead atoms. The van der Waals surface area contributed by atoms with Gasteiger partial charge in [0.05, 0.1) is 12.0 Å². The van der Waals surface area contributed by atoms with Crippen LogP contribution in [-0.2, 0) is 4.79 Å². The van der Waals surface area contributed by atoms with Crippen LogP contribution in [0.2, 0.25) is 0 Å². The van der Waals surface area contributed by atoms with Gasteiger partial charge in [0.25, 0.3) is 0 Å². The second-order valence-electron chi connectivity index (χ2n) is 6.23. The summed E-state index contributed by atoms with van der Waals surface area (Å²) in [5, 5.41) is 11.9. The molecule has 2 unspecified atom stereocenters. The SMILES string of the molecule is CC(C)CCN(C(=O)NC1C=CC(C(=O)O)C1)C1CC1. The molecule has 1 saturated carbocycles. The van der Waals surface area contributed by atoms with Crippen molar-refractivity contribution in [1.29, 1.82) is 0 Å². The Balaban J connectivity index is 1.83. The first-order valence-electron chi connectivity index (χ1n) is 7.45. The maximum atomic E-state index is 12.3. The normalized spacial score (nSPS) is 24.9. The number of nitrogens with zero attached hydrogens (tertiary/aromatic N) is 1. The second kappa shape index (κ2) is 6.29. The fourth-order valence-corrected chi connectivity index (χ4v) is 2.46. The monoisotopic (exact) mass is 280 g/mol. The molecule has 0 aromatic heterocycles. The summed E-state index contributed by atoms with van der Waals surface area (Å²) in [5.41, 5.74) is 0. The standard InChI is InChI=1S/C15H24N2O3/c1-10(2)7-8-17(13-5-6-13)15(20)16-12-4-3-11(9-12)14(18)19/h3-4,10-13H,5-9H2,1-2H3,(H,16,20)(H,18,19). The van der Waals surface area contributed by atoms with Crippen LogP contribution in [0.1, 0.15) is 39.5 Å². The number of aliphatic carboxylic acids is 1. The first-order chi connectivity index (χ1) is 9.47. The number of hydrogen-bond acceptors (Lipinski definition) is 2. The Morgan fingerprint density at radius 1 is 1.35 bits per heavy atom. The second-order valence-corrected chi connectivity index (χ2v) is 6.23. The fraction of sp³-hybridized carbons (Fsp3) is 0.733. The third-order valence-corrected chi connectivity index (χ3v) is 3.91. The highest BCUT2D eigenvalue weighted by atomic mass is 16.4. The molecule has 0 aliphatic heterocycles. The fourth-order valence-electron chi connectivity index (χ4n) is 2.46. The maximum absolute atomic E-state index is 12.3. The van der Waals surface area contributed by atoms with Crippen LogP contribution in [0.5, 0.6) is 0 Å². The number of carbonyl (C=O) groups excluding carboxylic acids is 1. The number of carbonyl (C=O) groups is 2. The summed E-state index contributed by atoms with van der Waals surface area (Å²) < 4.78 is 0. The number of urea groups is 1. The van der Waals surface area contributed by atoms with E-state index in [1.165, 1.54) is 0 Å². The van der Waals surface area contributed by atoms with E-state index in [4.69, 9.17) is 5.11 Å². The van der Waals surface area contributed by atoms with E-state index in [9.17, 15) is 9.59 Å². The third kappa shape index (κ3) is 3.99. The number of carboxylic acid groups (broad SMARTS) is 1. The van der Waals surface area contributed by atoms with E-state index in [-0.39, 0.29) is 12.1 Å². The molecule has 0 heterocycles. The number of rotatable bonds is 6. The Morgan fingerprint density at radius 3 is 2.55 bits per heavy atom. The summed E-state index contributed by atoms with van der Waals surface area (Å²) >= 11 is 0. The number of carboxylic acids is 1. The minimum Gasteiger partial charge on any atom is -0.481 e. The number of nitrogens with one attached hydrogen (secondary N) is 1. The minimum absolute atomic E-state index is 0.0474. The van der Waals surface area contributed by atoms with Gasteiger partial charge >= 0.3 is 12.0 Å². The van der Waals surface area contributed by atoms with Gasteiger partial charge in [0, 0.05) is 12.6 Å². The van der Waals surface area contributed by atoms with Gasteiger partial charge in [-0.15, -0.1) is 0 Å². The summed E-state index contributed by atoms with van der Waals surface area (Å²) in [6.45, 7) is 5.09. The molecule has 0 spiro atoms. The van der Waals surface area contributed by atoms with Crippen LogP contribution in [-0.4, -0.2) is 40.6 Å². The van der Waals surface area contributed by atoms with Crippen molar-refractivity contribution in [3.63, 3.8) is 0 Å². The average molecular weight is 280 g/mol. The summed E-state index contributed by atoms with van der Waals surface area (Å²) in [6, 6.07) is 0.187. The van der Waals surface area contributed by atoms with Crippen molar-refractivity contribution in [3.8, 4) is 0 Å². The van der Waals surface area contributed by atoms with E-state index in [0.29, 0.717) is 18.4 Å². The molecule has 2 N–H and O–H groups in total. The highest BCUT2D eigenvalue weighted by molar-refractivity contribution is 5.77. The van der Waals surface area contributed by atoms with Gasteiger partial charge in [-0.1, -0.05) is 26.0 Å². The number of hydrogen-bond donors (Lipinski definition) is 2. The first kappa shape index (κ1) is 14.9. The summed E-state index contributed by atoms with van der Waals surface area (Å²) in [7, 11) is 0. The lowest BCUT2D eigenvalue weighted by atomic mass is 10.1. The first-order valence-corrected chi connectivity index (χ1v) is 7.45. The molecule has 20 heavy (non-hydrogen) atoms. The zero-order valence-corrected chi connectivity index (χ0v) is 12.2. The van der Waals surface area contributed by atoms with Crippen molar-refractivity contribution in [1.82, 2.24) is 10.2 Å². The Kier molecular flexibility index (Phi) is 4.68. The maximum Gasteiger partial charge on any atom is 0.318 e. The van der Waals surface area contributed by atoms with Gasteiger partial charge < -0.3 is 15.3 Å². The molecule has 5 nitrogen and oxygen atoms in total. The van der Waals surface area contributed by atoms with Crippen LogP contribution in [0.15, 0.2) is 12.2 Å². The third-order valence-electron chi connectivity index (χ3n) is 3.91. The number of amides is 2. The van der Waals surface area contributed by atoms with Crippen molar-refractivity contribution in [2.24, 2.45) is 11.8 Å². The molecule has 0 aromatic rings. The van der Waals surface area contributed by atoms with Crippen molar-refractivity contribution in [2.75, 3.05) is 6.54 Å². The molecule has 2 amide bonds. The molecule has 5 heteroatoms.